The van der Waals surface area contributed by atoms with E-state index in [1.807, 2.05) is 34.9 Å². The van der Waals surface area contributed by atoms with E-state index in [1.54, 1.807) is 11.8 Å². The zero-order valence-corrected chi connectivity index (χ0v) is 13.5. The first-order valence-corrected chi connectivity index (χ1v) is 8.75. The van der Waals surface area contributed by atoms with Gasteiger partial charge in [0.2, 0.25) is 0 Å². The number of carboxylic acids is 1. The molecule has 0 aliphatic carbocycles. The van der Waals surface area contributed by atoms with Crippen LogP contribution >= 0.6 is 23.5 Å². The topological polar surface area (TPSA) is 68.0 Å². The predicted octanol–water partition coefficient (Wildman–Crippen LogP) is 2.87. The van der Waals surface area contributed by atoms with Gasteiger partial charge in [-0.15, -0.1) is 10.2 Å². The van der Waals surface area contributed by atoms with E-state index in [-0.39, 0.29) is 5.75 Å². The third-order valence-electron chi connectivity index (χ3n) is 2.92. The average molecular weight is 323 g/mol. The van der Waals surface area contributed by atoms with Gasteiger partial charge in [0, 0.05) is 17.4 Å². The summed E-state index contributed by atoms with van der Waals surface area (Å²) >= 11 is 2.96. The highest BCUT2D eigenvalue weighted by Crippen LogP contribution is 2.25. The SMILES string of the molecule is CSC(C)Cn1c(SCC(=O)O)nnc1-c1ccccc1. The van der Waals surface area contributed by atoms with Crippen molar-refractivity contribution in [3.63, 3.8) is 0 Å². The van der Waals surface area contributed by atoms with Crippen molar-refractivity contribution >= 4 is 29.5 Å². The quantitative estimate of drug-likeness (QED) is 0.790. The van der Waals surface area contributed by atoms with Crippen LogP contribution in [0.15, 0.2) is 35.5 Å². The number of thioether (sulfide) groups is 2. The lowest BCUT2D eigenvalue weighted by atomic mass is 10.2. The van der Waals surface area contributed by atoms with Gasteiger partial charge in [0.05, 0.1) is 5.75 Å². The first-order valence-electron chi connectivity index (χ1n) is 6.47. The molecule has 0 saturated carbocycles. The van der Waals surface area contributed by atoms with Crippen LogP contribution in [0.1, 0.15) is 6.92 Å². The molecule has 1 unspecified atom stereocenters. The van der Waals surface area contributed by atoms with Crippen LogP contribution in [0.5, 0.6) is 0 Å². The van der Waals surface area contributed by atoms with Gasteiger partial charge in [0.25, 0.3) is 0 Å². The van der Waals surface area contributed by atoms with Gasteiger partial charge in [-0.05, 0) is 6.26 Å². The molecular formula is C14H17N3O2S2. The highest BCUT2D eigenvalue weighted by Gasteiger charge is 2.17. The Morgan fingerprint density at radius 3 is 2.67 bits per heavy atom. The van der Waals surface area contributed by atoms with Gasteiger partial charge in [-0.1, -0.05) is 49.0 Å². The molecule has 21 heavy (non-hydrogen) atoms. The summed E-state index contributed by atoms with van der Waals surface area (Å²) in [6, 6.07) is 9.83. The van der Waals surface area contributed by atoms with Crippen molar-refractivity contribution in [2.24, 2.45) is 0 Å². The fourth-order valence-electron chi connectivity index (χ4n) is 1.82. The molecule has 112 valence electrons. The van der Waals surface area contributed by atoms with Gasteiger partial charge in [-0.25, -0.2) is 0 Å². The first-order chi connectivity index (χ1) is 10.1. The van der Waals surface area contributed by atoms with E-state index in [0.29, 0.717) is 10.4 Å². The Morgan fingerprint density at radius 2 is 2.05 bits per heavy atom. The van der Waals surface area contributed by atoms with Crippen LogP contribution in [-0.2, 0) is 11.3 Å². The van der Waals surface area contributed by atoms with E-state index in [9.17, 15) is 4.79 Å². The van der Waals surface area contributed by atoms with Crippen LogP contribution in [0.4, 0.5) is 0 Å². The number of nitrogens with zero attached hydrogens (tertiary/aromatic N) is 3. The zero-order chi connectivity index (χ0) is 15.2. The second-order valence-corrected chi connectivity index (χ2v) is 6.73. The van der Waals surface area contributed by atoms with E-state index in [0.717, 1.165) is 17.9 Å². The number of carboxylic acid groups (broad SMARTS) is 1. The monoisotopic (exact) mass is 323 g/mol. The minimum absolute atomic E-state index is 0.0133. The summed E-state index contributed by atoms with van der Waals surface area (Å²) in [6.07, 6.45) is 2.06. The Hall–Kier alpha value is -1.47. The summed E-state index contributed by atoms with van der Waals surface area (Å²) in [5.41, 5.74) is 0.987. The minimum atomic E-state index is -0.853. The van der Waals surface area contributed by atoms with Gasteiger partial charge in [-0.3, -0.25) is 4.79 Å². The van der Waals surface area contributed by atoms with E-state index in [2.05, 4.69) is 23.4 Å². The Bertz CT molecular complexity index is 602. The fraction of sp³-hybridized carbons (Fsp3) is 0.357. The summed E-state index contributed by atoms with van der Waals surface area (Å²) in [6.45, 7) is 2.88. The lowest BCUT2D eigenvalue weighted by Gasteiger charge is -2.13. The van der Waals surface area contributed by atoms with E-state index >= 15 is 0 Å². The normalized spacial score (nSPS) is 12.3. The molecular weight excluding hydrogens is 306 g/mol. The number of benzene rings is 1. The summed E-state index contributed by atoms with van der Waals surface area (Å²) in [7, 11) is 0. The lowest BCUT2D eigenvalue weighted by molar-refractivity contribution is -0.133. The van der Waals surface area contributed by atoms with E-state index in [1.165, 1.54) is 11.8 Å². The Balaban J connectivity index is 2.33. The van der Waals surface area contributed by atoms with Crippen LogP contribution in [0.3, 0.4) is 0 Å². The summed E-state index contributed by atoms with van der Waals surface area (Å²) in [5.74, 6) is -0.0845. The van der Waals surface area contributed by atoms with Crippen molar-refractivity contribution in [3.05, 3.63) is 30.3 Å². The molecule has 2 rings (SSSR count). The fourth-order valence-corrected chi connectivity index (χ4v) is 2.78. The van der Waals surface area contributed by atoms with Crippen molar-refractivity contribution < 1.29 is 9.90 Å². The molecule has 0 bridgehead atoms. The van der Waals surface area contributed by atoms with E-state index in [4.69, 9.17) is 5.11 Å². The van der Waals surface area contributed by atoms with Crippen molar-refractivity contribution in [3.8, 4) is 11.4 Å². The molecule has 5 nitrogen and oxygen atoms in total. The van der Waals surface area contributed by atoms with Gasteiger partial charge in [-0.2, -0.15) is 11.8 Å². The van der Waals surface area contributed by atoms with Gasteiger partial charge >= 0.3 is 5.97 Å². The smallest absolute Gasteiger partial charge is 0.313 e. The average Bonchev–Trinajstić information content (AvgIpc) is 2.88. The Kier molecular flexibility index (Phi) is 5.69. The first kappa shape index (κ1) is 15.9. The molecule has 0 saturated heterocycles. The maximum Gasteiger partial charge on any atom is 0.313 e. The zero-order valence-electron chi connectivity index (χ0n) is 11.9. The van der Waals surface area contributed by atoms with Crippen LogP contribution in [0.2, 0.25) is 0 Å². The number of carbonyl (C=O) groups is 1. The molecule has 1 atom stereocenters. The highest BCUT2D eigenvalue weighted by atomic mass is 32.2. The molecule has 2 aromatic rings. The van der Waals surface area contributed by atoms with Crippen molar-refractivity contribution in [2.75, 3.05) is 12.0 Å². The van der Waals surface area contributed by atoms with Crippen molar-refractivity contribution in [1.82, 2.24) is 14.8 Å². The van der Waals surface area contributed by atoms with Gasteiger partial charge in [0.15, 0.2) is 11.0 Å². The number of aromatic nitrogens is 3. The molecule has 0 fully saturated rings. The molecule has 1 heterocycles. The molecule has 1 aromatic heterocycles. The number of aliphatic carboxylic acids is 1. The molecule has 0 radical (unpaired) electrons. The number of hydrogen-bond acceptors (Lipinski definition) is 5. The molecule has 1 aromatic carbocycles. The summed E-state index contributed by atoms with van der Waals surface area (Å²) in [4.78, 5) is 10.8. The summed E-state index contributed by atoms with van der Waals surface area (Å²) < 4.78 is 2.00. The van der Waals surface area contributed by atoms with Crippen LogP contribution in [0.25, 0.3) is 11.4 Å². The van der Waals surface area contributed by atoms with Crippen molar-refractivity contribution in [2.45, 2.75) is 23.9 Å². The molecule has 0 amide bonds. The standard InChI is InChI=1S/C14H17N3O2S2/c1-10(20-2)8-17-13(11-6-4-3-5-7-11)15-16-14(17)21-9-12(18)19/h3-7,10H,8-9H2,1-2H3,(H,18,19). The third-order valence-corrected chi connectivity index (χ3v) is 4.82. The third kappa shape index (κ3) is 4.25. The summed E-state index contributed by atoms with van der Waals surface area (Å²) in [5, 5.41) is 18.3. The van der Waals surface area contributed by atoms with Gasteiger partial charge in [0.1, 0.15) is 0 Å². The Morgan fingerprint density at radius 1 is 1.33 bits per heavy atom. The maximum atomic E-state index is 10.8. The van der Waals surface area contributed by atoms with Crippen LogP contribution in [0, 0.1) is 0 Å². The highest BCUT2D eigenvalue weighted by molar-refractivity contribution is 7.99. The molecule has 0 spiro atoms. The van der Waals surface area contributed by atoms with Crippen molar-refractivity contribution in [1.29, 1.82) is 0 Å². The molecule has 1 N–H and O–H groups in total. The largest absolute Gasteiger partial charge is 0.481 e. The molecule has 7 heteroatoms. The maximum absolute atomic E-state index is 10.8. The van der Waals surface area contributed by atoms with E-state index < -0.39 is 5.97 Å². The van der Waals surface area contributed by atoms with Gasteiger partial charge < -0.3 is 9.67 Å². The van der Waals surface area contributed by atoms with Crippen LogP contribution in [-0.4, -0.2) is 43.1 Å². The lowest BCUT2D eigenvalue weighted by Crippen LogP contribution is -2.12. The number of rotatable bonds is 7. The Labute approximate surface area is 132 Å². The number of hydrogen-bond donors (Lipinski definition) is 1. The van der Waals surface area contributed by atoms with Crippen LogP contribution < -0.4 is 0 Å². The second kappa shape index (κ2) is 7.51. The second-order valence-electron chi connectivity index (χ2n) is 4.51. The molecule has 0 aliphatic heterocycles. The molecule has 0 aliphatic rings. The minimum Gasteiger partial charge on any atom is -0.481 e. The predicted molar refractivity (Wildman–Crippen MR) is 86.8 cm³/mol.